The summed E-state index contributed by atoms with van der Waals surface area (Å²) in [7, 11) is 0. The predicted octanol–water partition coefficient (Wildman–Crippen LogP) is -1.97. The molecule has 0 aromatic heterocycles. The van der Waals surface area contributed by atoms with Crippen molar-refractivity contribution in [1.29, 1.82) is 0 Å². The van der Waals surface area contributed by atoms with Crippen LogP contribution in [0, 0.1) is 0 Å². The number of esters is 1. The standard InChI is InChI=1S/C14H16O9/c15-4-7-9(17)11(19)12(20)14(22-7)21-6-2-1-5-3-8(16)23-13(5)10(6)18/h1-2,7,9,11-12,14-15,17-20H,3-4H2/t7-,9-,11+,12-,14-/m1/s1. The summed E-state index contributed by atoms with van der Waals surface area (Å²) in [4.78, 5) is 11.2. The number of rotatable bonds is 3. The Kier molecular flexibility index (Phi) is 4.13. The zero-order valence-electron chi connectivity index (χ0n) is 11.8. The smallest absolute Gasteiger partial charge is 0.315 e. The average molecular weight is 328 g/mol. The molecule has 2 heterocycles. The number of aliphatic hydroxyl groups excluding tert-OH is 4. The lowest BCUT2D eigenvalue weighted by molar-refractivity contribution is -0.277. The SMILES string of the molecule is O=C1Cc2ccc(O[C@@H]3O[C@H](CO)[C@@H](O)[C@H](O)[C@H]3O)c(O)c2O1. The number of carbonyl (C=O) groups excluding carboxylic acids is 1. The normalized spacial score (nSPS) is 33.2. The number of phenols is 1. The van der Waals surface area contributed by atoms with Gasteiger partial charge in [-0.1, -0.05) is 6.07 Å². The third-order valence-corrected chi connectivity index (χ3v) is 3.82. The summed E-state index contributed by atoms with van der Waals surface area (Å²) in [5.74, 6) is -1.12. The van der Waals surface area contributed by atoms with Crippen LogP contribution in [0.4, 0.5) is 0 Å². The number of carbonyl (C=O) groups is 1. The van der Waals surface area contributed by atoms with E-state index in [2.05, 4.69) is 0 Å². The molecule has 2 aliphatic heterocycles. The van der Waals surface area contributed by atoms with Gasteiger partial charge in [0.15, 0.2) is 11.5 Å². The molecule has 23 heavy (non-hydrogen) atoms. The maximum absolute atomic E-state index is 11.2. The molecule has 0 aliphatic carbocycles. The van der Waals surface area contributed by atoms with Crippen LogP contribution in [0.3, 0.4) is 0 Å². The third kappa shape index (κ3) is 2.73. The monoisotopic (exact) mass is 328 g/mol. The number of ether oxygens (including phenoxy) is 3. The van der Waals surface area contributed by atoms with Crippen LogP contribution < -0.4 is 9.47 Å². The minimum Gasteiger partial charge on any atom is -0.502 e. The maximum atomic E-state index is 11.2. The first-order valence-corrected chi connectivity index (χ1v) is 6.95. The Bertz CT molecular complexity index is 615. The van der Waals surface area contributed by atoms with Gasteiger partial charge in [0.05, 0.1) is 13.0 Å². The quantitative estimate of drug-likeness (QED) is 0.315. The molecule has 0 spiro atoms. The largest absolute Gasteiger partial charge is 0.502 e. The van der Waals surface area contributed by atoms with Crippen molar-refractivity contribution in [3.63, 3.8) is 0 Å². The van der Waals surface area contributed by atoms with Gasteiger partial charge < -0.3 is 39.7 Å². The molecule has 0 saturated carbocycles. The van der Waals surface area contributed by atoms with Crippen molar-refractivity contribution in [2.24, 2.45) is 0 Å². The van der Waals surface area contributed by atoms with E-state index in [4.69, 9.17) is 19.3 Å². The van der Waals surface area contributed by atoms with Crippen molar-refractivity contribution >= 4 is 5.97 Å². The van der Waals surface area contributed by atoms with Gasteiger partial charge in [0.1, 0.15) is 24.4 Å². The molecule has 126 valence electrons. The number of fused-ring (bicyclic) bond motifs is 1. The molecule has 3 rings (SSSR count). The van der Waals surface area contributed by atoms with E-state index in [-0.39, 0.29) is 17.9 Å². The van der Waals surface area contributed by atoms with Crippen LogP contribution >= 0.6 is 0 Å². The number of benzene rings is 1. The zero-order chi connectivity index (χ0) is 16.7. The summed E-state index contributed by atoms with van der Waals surface area (Å²) in [5, 5.41) is 48.5. The summed E-state index contributed by atoms with van der Waals surface area (Å²) in [6.45, 7) is -0.599. The van der Waals surface area contributed by atoms with Crippen molar-refractivity contribution in [1.82, 2.24) is 0 Å². The van der Waals surface area contributed by atoms with Crippen LogP contribution in [-0.2, 0) is 16.0 Å². The molecular weight excluding hydrogens is 312 g/mol. The first-order chi connectivity index (χ1) is 10.9. The fourth-order valence-corrected chi connectivity index (χ4v) is 2.54. The Morgan fingerprint density at radius 3 is 2.61 bits per heavy atom. The van der Waals surface area contributed by atoms with Gasteiger partial charge in [-0.3, -0.25) is 4.79 Å². The van der Waals surface area contributed by atoms with E-state index in [0.29, 0.717) is 5.56 Å². The highest BCUT2D eigenvalue weighted by Gasteiger charge is 2.45. The van der Waals surface area contributed by atoms with Crippen LogP contribution in [0.15, 0.2) is 12.1 Å². The molecule has 9 heteroatoms. The fourth-order valence-electron chi connectivity index (χ4n) is 2.54. The summed E-state index contributed by atoms with van der Waals surface area (Å²) >= 11 is 0. The number of phenolic OH excluding ortho intramolecular Hbond substituents is 1. The van der Waals surface area contributed by atoms with Crippen LogP contribution in [0.5, 0.6) is 17.2 Å². The highest BCUT2D eigenvalue weighted by atomic mass is 16.7. The Labute approximate surface area is 130 Å². The fraction of sp³-hybridized carbons (Fsp3) is 0.500. The minimum atomic E-state index is -1.61. The Hall–Kier alpha value is -1.91. The predicted molar refractivity (Wildman–Crippen MR) is 71.8 cm³/mol. The summed E-state index contributed by atoms with van der Waals surface area (Å²) < 4.78 is 15.4. The molecule has 0 bridgehead atoms. The molecule has 9 nitrogen and oxygen atoms in total. The van der Waals surface area contributed by atoms with Crippen molar-refractivity contribution in [3.05, 3.63) is 17.7 Å². The van der Waals surface area contributed by atoms with E-state index in [1.165, 1.54) is 12.1 Å². The first-order valence-electron chi connectivity index (χ1n) is 6.95. The summed E-state index contributed by atoms with van der Waals surface area (Å²) in [6.07, 6.45) is -7.25. The molecule has 5 atom stereocenters. The molecule has 1 aromatic rings. The van der Waals surface area contributed by atoms with Gasteiger partial charge in [-0.2, -0.15) is 0 Å². The van der Waals surface area contributed by atoms with E-state index in [9.17, 15) is 25.2 Å². The second-order valence-electron chi connectivity index (χ2n) is 5.37. The molecule has 2 aliphatic rings. The second-order valence-corrected chi connectivity index (χ2v) is 5.37. The minimum absolute atomic E-state index is 0.0305. The van der Waals surface area contributed by atoms with Crippen molar-refractivity contribution < 1.29 is 44.5 Å². The summed E-state index contributed by atoms with van der Waals surface area (Å²) in [5.41, 5.74) is 0.494. The number of hydrogen-bond donors (Lipinski definition) is 5. The molecule has 1 fully saturated rings. The lowest BCUT2D eigenvalue weighted by Crippen LogP contribution is -2.60. The van der Waals surface area contributed by atoms with Gasteiger partial charge >= 0.3 is 5.97 Å². The van der Waals surface area contributed by atoms with E-state index in [1.807, 2.05) is 0 Å². The van der Waals surface area contributed by atoms with Crippen molar-refractivity contribution in [3.8, 4) is 17.2 Å². The lowest BCUT2D eigenvalue weighted by Gasteiger charge is -2.39. The number of aliphatic hydroxyl groups is 4. The Morgan fingerprint density at radius 2 is 1.91 bits per heavy atom. The molecule has 0 amide bonds. The van der Waals surface area contributed by atoms with Gasteiger partial charge in [-0.25, -0.2) is 0 Å². The van der Waals surface area contributed by atoms with E-state index < -0.39 is 49.0 Å². The Balaban J connectivity index is 1.82. The van der Waals surface area contributed by atoms with Crippen LogP contribution in [0.1, 0.15) is 5.56 Å². The van der Waals surface area contributed by atoms with Crippen molar-refractivity contribution in [2.75, 3.05) is 6.61 Å². The van der Waals surface area contributed by atoms with E-state index >= 15 is 0 Å². The van der Waals surface area contributed by atoms with Crippen LogP contribution in [0.2, 0.25) is 0 Å². The maximum Gasteiger partial charge on any atom is 0.315 e. The van der Waals surface area contributed by atoms with Gasteiger partial charge in [0, 0.05) is 5.56 Å². The number of hydrogen-bond acceptors (Lipinski definition) is 9. The van der Waals surface area contributed by atoms with Gasteiger partial charge in [0.2, 0.25) is 12.0 Å². The molecular formula is C14H16O9. The van der Waals surface area contributed by atoms with Gasteiger partial charge in [-0.05, 0) is 6.07 Å². The van der Waals surface area contributed by atoms with E-state index in [1.54, 1.807) is 0 Å². The summed E-state index contributed by atoms with van der Waals surface area (Å²) in [6, 6.07) is 2.87. The lowest BCUT2D eigenvalue weighted by atomic mass is 9.99. The zero-order valence-corrected chi connectivity index (χ0v) is 11.8. The van der Waals surface area contributed by atoms with Crippen LogP contribution in [0.25, 0.3) is 0 Å². The van der Waals surface area contributed by atoms with Gasteiger partial charge in [0.25, 0.3) is 0 Å². The third-order valence-electron chi connectivity index (χ3n) is 3.82. The topological polar surface area (TPSA) is 146 Å². The second kappa shape index (κ2) is 5.95. The first kappa shape index (κ1) is 16.0. The van der Waals surface area contributed by atoms with Crippen LogP contribution in [-0.4, -0.2) is 68.8 Å². The van der Waals surface area contributed by atoms with E-state index in [0.717, 1.165) is 0 Å². The molecule has 5 N–H and O–H groups in total. The molecule has 0 radical (unpaired) electrons. The molecule has 1 saturated heterocycles. The van der Waals surface area contributed by atoms with Crippen molar-refractivity contribution in [2.45, 2.75) is 37.1 Å². The molecule has 0 unspecified atom stereocenters. The average Bonchev–Trinajstić information content (AvgIpc) is 2.91. The van der Waals surface area contributed by atoms with Gasteiger partial charge in [-0.15, -0.1) is 0 Å². The number of aromatic hydroxyl groups is 1. The Morgan fingerprint density at radius 1 is 1.17 bits per heavy atom. The molecule has 1 aromatic carbocycles. The highest BCUT2D eigenvalue weighted by Crippen LogP contribution is 2.43. The highest BCUT2D eigenvalue weighted by molar-refractivity contribution is 5.83.